The highest BCUT2D eigenvalue weighted by molar-refractivity contribution is 6.34. The average molecular weight is 235 g/mol. The van der Waals surface area contributed by atoms with E-state index < -0.39 is 5.97 Å². The molecule has 0 aliphatic rings. The van der Waals surface area contributed by atoms with Crippen molar-refractivity contribution in [2.75, 3.05) is 0 Å². The molecule has 0 unspecified atom stereocenters. The fourth-order valence-electron chi connectivity index (χ4n) is 1.05. The topological polar surface area (TPSA) is 57.5 Å². The molecule has 5 heteroatoms. The Morgan fingerprint density at radius 3 is 2.43 bits per heavy atom. The fourth-order valence-corrected chi connectivity index (χ4v) is 1.48. The van der Waals surface area contributed by atoms with Crippen molar-refractivity contribution in [3.8, 4) is 5.75 Å². The molecular formula is C9H8Cl2O3. The summed E-state index contributed by atoms with van der Waals surface area (Å²) in [7, 11) is 0. The average Bonchev–Trinajstić information content (AvgIpc) is 2.11. The zero-order valence-electron chi connectivity index (χ0n) is 7.13. The molecule has 2 N–H and O–H groups in total. The summed E-state index contributed by atoms with van der Waals surface area (Å²) < 4.78 is 0. The van der Waals surface area contributed by atoms with Crippen LogP contribution in [0.15, 0.2) is 12.1 Å². The number of benzene rings is 1. The lowest BCUT2D eigenvalue weighted by atomic mass is 10.1. The van der Waals surface area contributed by atoms with Gasteiger partial charge in [0.1, 0.15) is 5.75 Å². The molecule has 1 aromatic rings. The van der Waals surface area contributed by atoms with Crippen LogP contribution in [0.5, 0.6) is 5.75 Å². The summed E-state index contributed by atoms with van der Waals surface area (Å²) in [4.78, 5) is 10.3. The van der Waals surface area contributed by atoms with Crippen molar-refractivity contribution >= 4 is 29.2 Å². The molecule has 3 nitrogen and oxygen atoms in total. The number of halogens is 2. The van der Waals surface area contributed by atoms with Crippen LogP contribution >= 0.6 is 23.2 Å². The van der Waals surface area contributed by atoms with Gasteiger partial charge in [-0.3, -0.25) is 4.79 Å². The minimum atomic E-state index is -0.944. The van der Waals surface area contributed by atoms with Gasteiger partial charge in [-0.2, -0.15) is 0 Å². The number of rotatable bonds is 3. The molecule has 0 saturated carbocycles. The molecule has 0 fully saturated rings. The van der Waals surface area contributed by atoms with E-state index in [2.05, 4.69) is 0 Å². The van der Waals surface area contributed by atoms with E-state index in [1.807, 2.05) is 0 Å². The van der Waals surface area contributed by atoms with Crippen molar-refractivity contribution in [3.05, 3.63) is 27.7 Å². The van der Waals surface area contributed by atoms with Crippen molar-refractivity contribution < 1.29 is 15.0 Å². The number of aromatic hydroxyl groups is 1. The molecule has 0 bridgehead atoms. The smallest absolute Gasteiger partial charge is 0.303 e. The van der Waals surface area contributed by atoms with E-state index in [1.54, 1.807) is 0 Å². The zero-order valence-corrected chi connectivity index (χ0v) is 8.64. The van der Waals surface area contributed by atoms with Crippen molar-refractivity contribution in [1.29, 1.82) is 0 Å². The summed E-state index contributed by atoms with van der Waals surface area (Å²) in [5.74, 6) is -1.08. The van der Waals surface area contributed by atoms with Gasteiger partial charge in [-0.1, -0.05) is 23.2 Å². The van der Waals surface area contributed by atoms with E-state index in [4.69, 9.17) is 28.3 Å². The SMILES string of the molecule is O=C(O)CCc1c(Cl)ccc(Cl)c1O. The Hall–Kier alpha value is -0.930. The molecule has 0 aliphatic carbocycles. The molecule has 0 aromatic heterocycles. The highest BCUT2D eigenvalue weighted by Crippen LogP contribution is 2.33. The first-order valence-corrected chi connectivity index (χ1v) is 4.65. The van der Waals surface area contributed by atoms with Crippen LogP contribution in [0, 0.1) is 0 Å². The van der Waals surface area contributed by atoms with Gasteiger partial charge in [0.2, 0.25) is 0 Å². The molecule has 1 rings (SSSR count). The number of carbonyl (C=O) groups is 1. The van der Waals surface area contributed by atoms with Crippen LogP contribution in [-0.2, 0) is 11.2 Å². The molecular weight excluding hydrogens is 227 g/mol. The summed E-state index contributed by atoms with van der Waals surface area (Å²) in [6.07, 6.45) is 0.0776. The van der Waals surface area contributed by atoms with Gasteiger partial charge >= 0.3 is 5.97 Å². The lowest BCUT2D eigenvalue weighted by Gasteiger charge is -2.06. The molecule has 14 heavy (non-hydrogen) atoms. The third-order valence-corrected chi connectivity index (χ3v) is 2.42. The van der Waals surface area contributed by atoms with Crippen molar-refractivity contribution in [2.24, 2.45) is 0 Å². The summed E-state index contributed by atoms with van der Waals surface area (Å²) in [5, 5.41) is 18.5. The molecule has 76 valence electrons. The minimum absolute atomic E-state index is 0.0897. The predicted octanol–water partition coefficient (Wildman–Crippen LogP) is 2.72. The van der Waals surface area contributed by atoms with E-state index in [1.165, 1.54) is 12.1 Å². The van der Waals surface area contributed by atoms with Crippen LogP contribution in [-0.4, -0.2) is 16.2 Å². The molecule has 0 aliphatic heterocycles. The Kier molecular flexibility index (Phi) is 3.61. The van der Waals surface area contributed by atoms with Gasteiger partial charge in [0.25, 0.3) is 0 Å². The van der Waals surface area contributed by atoms with Crippen molar-refractivity contribution in [3.63, 3.8) is 0 Å². The van der Waals surface area contributed by atoms with Crippen LogP contribution in [0.4, 0.5) is 0 Å². The summed E-state index contributed by atoms with van der Waals surface area (Å²) in [6, 6.07) is 2.99. The fraction of sp³-hybridized carbons (Fsp3) is 0.222. The Bertz CT molecular complexity index is 363. The van der Waals surface area contributed by atoms with Gasteiger partial charge in [0.05, 0.1) is 5.02 Å². The highest BCUT2D eigenvalue weighted by Gasteiger charge is 2.11. The second-order valence-corrected chi connectivity index (χ2v) is 3.56. The number of carboxylic acid groups (broad SMARTS) is 1. The molecule has 1 aromatic carbocycles. The van der Waals surface area contributed by atoms with E-state index >= 15 is 0 Å². The van der Waals surface area contributed by atoms with Crippen LogP contribution in [0.3, 0.4) is 0 Å². The Morgan fingerprint density at radius 1 is 1.29 bits per heavy atom. The van der Waals surface area contributed by atoms with Gasteiger partial charge < -0.3 is 10.2 Å². The van der Waals surface area contributed by atoms with E-state index in [0.29, 0.717) is 10.6 Å². The molecule has 0 radical (unpaired) electrons. The Labute approximate surface area is 90.9 Å². The largest absolute Gasteiger partial charge is 0.506 e. The first kappa shape index (κ1) is 11.1. The van der Waals surface area contributed by atoms with Crippen LogP contribution < -0.4 is 0 Å². The van der Waals surface area contributed by atoms with Crippen molar-refractivity contribution in [1.82, 2.24) is 0 Å². The summed E-state index contributed by atoms with van der Waals surface area (Å²) in [6.45, 7) is 0. The van der Waals surface area contributed by atoms with Gasteiger partial charge in [-0.25, -0.2) is 0 Å². The molecule has 0 atom stereocenters. The second-order valence-electron chi connectivity index (χ2n) is 2.75. The molecule has 0 amide bonds. The summed E-state index contributed by atoms with van der Waals surface area (Å²) in [5.41, 5.74) is 0.376. The highest BCUT2D eigenvalue weighted by atomic mass is 35.5. The maximum Gasteiger partial charge on any atom is 0.303 e. The third kappa shape index (κ3) is 2.53. The summed E-state index contributed by atoms with van der Waals surface area (Å²) >= 11 is 11.4. The minimum Gasteiger partial charge on any atom is -0.506 e. The molecule has 0 saturated heterocycles. The van der Waals surface area contributed by atoms with Crippen molar-refractivity contribution in [2.45, 2.75) is 12.8 Å². The number of carboxylic acids is 1. The number of aliphatic carboxylic acids is 1. The number of hydrogen-bond acceptors (Lipinski definition) is 2. The molecule has 0 spiro atoms. The lowest BCUT2D eigenvalue weighted by molar-refractivity contribution is -0.136. The van der Waals surface area contributed by atoms with Gasteiger partial charge in [-0.15, -0.1) is 0 Å². The third-order valence-electron chi connectivity index (χ3n) is 1.77. The maximum atomic E-state index is 10.3. The lowest BCUT2D eigenvalue weighted by Crippen LogP contribution is -1.98. The normalized spacial score (nSPS) is 10.1. The van der Waals surface area contributed by atoms with E-state index in [9.17, 15) is 9.90 Å². The monoisotopic (exact) mass is 234 g/mol. The van der Waals surface area contributed by atoms with E-state index in [0.717, 1.165) is 0 Å². The zero-order chi connectivity index (χ0) is 10.7. The van der Waals surface area contributed by atoms with Crippen LogP contribution in [0.2, 0.25) is 10.0 Å². The first-order chi connectivity index (χ1) is 6.52. The standard InChI is InChI=1S/C9H8Cl2O3/c10-6-2-3-7(11)9(14)5(6)1-4-8(12)13/h2-3,14H,1,4H2,(H,12,13). The Balaban J connectivity index is 2.95. The van der Waals surface area contributed by atoms with E-state index in [-0.39, 0.29) is 23.6 Å². The van der Waals surface area contributed by atoms with Gasteiger partial charge in [-0.05, 0) is 18.6 Å². The van der Waals surface area contributed by atoms with Crippen LogP contribution in [0.25, 0.3) is 0 Å². The van der Waals surface area contributed by atoms with Crippen LogP contribution in [0.1, 0.15) is 12.0 Å². The number of hydrogen-bond donors (Lipinski definition) is 2. The second kappa shape index (κ2) is 4.53. The first-order valence-electron chi connectivity index (χ1n) is 3.90. The maximum absolute atomic E-state index is 10.3. The number of phenols is 1. The van der Waals surface area contributed by atoms with Gasteiger partial charge in [0, 0.05) is 17.0 Å². The quantitative estimate of drug-likeness (QED) is 0.846. The number of phenolic OH excluding ortho intramolecular Hbond substituents is 1. The van der Waals surface area contributed by atoms with Gasteiger partial charge in [0.15, 0.2) is 0 Å². The predicted molar refractivity (Wildman–Crippen MR) is 54.1 cm³/mol. The Morgan fingerprint density at radius 2 is 1.86 bits per heavy atom. The molecule has 0 heterocycles.